The number of aromatic nitrogens is 1. The molecule has 16 heavy (non-hydrogen) atoms. The zero-order valence-corrected chi connectivity index (χ0v) is 10.8. The van der Waals surface area contributed by atoms with Crippen LogP contribution in [0.5, 0.6) is 0 Å². The van der Waals surface area contributed by atoms with Gasteiger partial charge in [0.05, 0.1) is 5.56 Å². The molecule has 1 N–H and O–H groups in total. The van der Waals surface area contributed by atoms with Gasteiger partial charge in [-0.1, -0.05) is 13.8 Å². The van der Waals surface area contributed by atoms with E-state index in [9.17, 15) is 4.79 Å². The van der Waals surface area contributed by atoms with Gasteiger partial charge in [-0.3, -0.25) is 0 Å². The lowest BCUT2D eigenvalue weighted by Crippen LogP contribution is -2.30. The fourth-order valence-corrected chi connectivity index (χ4v) is 2.38. The summed E-state index contributed by atoms with van der Waals surface area (Å²) < 4.78 is 2.16. The molecular formula is C13H21NO2. The first kappa shape index (κ1) is 12.8. The zero-order chi connectivity index (χ0) is 12.5. The Labute approximate surface area is 97.1 Å². The second-order valence-electron chi connectivity index (χ2n) is 4.63. The van der Waals surface area contributed by atoms with E-state index >= 15 is 0 Å². The van der Waals surface area contributed by atoms with Crippen LogP contribution in [0.3, 0.4) is 0 Å². The van der Waals surface area contributed by atoms with E-state index in [0.717, 1.165) is 24.2 Å². The molecule has 0 amide bonds. The van der Waals surface area contributed by atoms with E-state index in [-0.39, 0.29) is 5.54 Å². The van der Waals surface area contributed by atoms with Crippen molar-refractivity contribution in [1.29, 1.82) is 0 Å². The molecule has 0 aliphatic heterocycles. The van der Waals surface area contributed by atoms with Crippen molar-refractivity contribution in [3.05, 3.63) is 23.0 Å². The minimum Gasteiger partial charge on any atom is -0.478 e. The summed E-state index contributed by atoms with van der Waals surface area (Å²) in [6.45, 7) is 10.3. The van der Waals surface area contributed by atoms with E-state index in [0.29, 0.717) is 5.56 Å². The summed E-state index contributed by atoms with van der Waals surface area (Å²) in [6.07, 6.45) is 2.00. The first-order valence-electron chi connectivity index (χ1n) is 5.80. The van der Waals surface area contributed by atoms with Crippen molar-refractivity contribution in [2.45, 2.75) is 53.0 Å². The summed E-state index contributed by atoms with van der Waals surface area (Å²) in [6, 6.07) is 1.77. The molecule has 0 aliphatic carbocycles. The third-order valence-electron chi connectivity index (χ3n) is 3.72. The molecule has 0 aliphatic rings. The zero-order valence-electron chi connectivity index (χ0n) is 10.8. The third kappa shape index (κ3) is 1.86. The van der Waals surface area contributed by atoms with Crippen LogP contribution in [0.1, 0.15) is 55.4 Å². The Morgan fingerprint density at radius 2 is 1.88 bits per heavy atom. The van der Waals surface area contributed by atoms with Gasteiger partial charge in [-0.25, -0.2) is 4.79 Å². The van der Waals surface area contributed by atoms with Crippen LogP contribution >= 0.6 is 0 Å². The van der Waals surface area contributed by atoms with Gasteiger partial charge in [0, 0.05) is 16.9 Å². The molecule has 0 bridgehead atoms. The van der Waals surface area contributed by atoms with Crippen LogP contribution < -0.4 is 0 Å². The molecule has 0 spiro atoms. The van der Waals surface area contributed by atoms with Crippen LogP contribution in [-0.2, 0) is 5.54 Å². The topological polar surface area (TPSA) is 42.2 Å². The SMILES string of the molecule is CCC(C)(CC)n1c(C)cc(C(=O)O)c1C. The number of carboxylic acids is 1. The average molecular weight is 223 g/mol. The number of hydrogen-bond acceptors (Lipinski definition) is 1. The van der Waals surface area contributed by atoms with E-state index < -0.39 is 5.97 Å². The van der Waals surface area contributed by atoms with Crippen molar-refractivity contribution in [2.75, 3.05) is 0 Å². The van der Waals surface area contributed by atoms with E-state index in [1.165, 1.54) is 0 Å². The summed E-state index contributed by atoms with van der Waals surface area (Å²) in [7, 11) is 0. The van der Waals surface area contributed by atoms with Crippen LogP contribution in [0.15, 0.2) is 6.07 Å². The highest BCUT2D eigenvalue weighted by Gasteiger charge is 2.27. The number of carboxylic acid groups (broad SMARTS) is 1. The Hall–Kier alpha value is -1.25. The van der Waals surface area contributed by atoms with Crippen LogP contribution in [0, 0.1) is 13.8 Å². The second-order valence-corrected chi connectivity index (χ2v) is 4.63. The molecule has 0 aromatic carbocycles. The van der Waals surface area contributed by atoms with Crippen LogP contribution in [0.4, 0.5) is 0 Å². The maximum Gasteiger partial charge on any atom is 0.337 e. The Bertz CT molecular complexity index is 400. The molecule has 0 saturated heterocycles. The smallest absolute Gasteiger partial charge is 0.337 e. The lowest BCUT2D eigenvalue weighted by atomic mass is 9.94. The van der Waals surface area contributed by atoms with Crippen molar-refractivity contribution < 1.29 is 9.90 Å². The maximum atomic E-state index is 11.1. The molecule has 1 aromatic rings. The minimum absolute atomic E-state index is 0.0157. The molecule has 1 aromatic heterocycles. The normalized spacial score (nSPS) is 11.8. The van der Waals surface area contributed by atoms with Crippen molar-refractivity contribution in [3.63, 3.8) is 0 Å². The van der Waals surface area contributed by atoms with E-state index in [1.54, 1.807) is 6.07 Å². The summed E-state index contributed by atoms with van der Waals surface area (Å²) >= 11 is 0. The first-order valence-corrected chi connectivity index (χ1v) is 5.80. The number of carbonyl (C=O) groups is 1. The number of nitrogens with zero attached hydrogens (tertiary/aromatic N) is 1. The van der Waals surface area contributed by atoms with Gasteiger partial charge >= 0.3 is 5.97 Å². The van der Waals surface area contributed by atoms with Gasteiger partial charge in [0.15, 0.2) is 0 Å². The van der Waals surface area contributed by atoms with Gasteiger partial charge in [0.2, 0.25) is 0 Å². The monoisotopic (exact) mass is 223 g/mol. The number of aryl methyl sites for hydroxylation is 1. The standard InChI is InChI=1S/C13H21NO2/c1-6-13(5,7-2)14-9(3)8-11(10(14)4)12(15)16/h8H,6-7H2,1-5H3,(H,15,16). The summed E-state index contributed by atoms with van der Waals surface area (Å²) in [4.78, 5) is 11.1. The number of rotatable bonds is 4. The van der Waals surface area contributed by atoms with Gasteiger partial charge in [-0.05, 0) is 39.7 Å². The van der Waals surface area contributed by atoms with Crippen molar-refractivity contribution >= 4 is 5.97 Å². The molecule has 0 saturated carbocycles. The quantitative estimate of drug-likeness (QED) is 0.850. The van der Waals surface area contributed by atoms with Gasteiger partial charge in [-0.15, -0.1) is 0 Å². The van der Waals surface area contributed by atoms with Crippen molar-refractivity contribution in [1.82, 2.24) is 4.57 Å². The Kier molecular flexibility index (Phi) is 3.46. The first-order chi connectivity index (χ1) is 7.37. The molecule has 1 rings (SSSR count). The van der Waals surface area contributed by atoms with Crippen molar-refractivity contribution in [2.24, 2.45) is 0 Å². The van der Waals surface area contributed by atoms with Gasteiger partial charge < -0.3 is 9.67 Å². The van der Waals surface area contributed by atoms with Crippen LogP contribution in [0.25, 0.3) is 0 Å². The Balaban J connectivity index is 3.40. The second kappa shape index (κ2) is 4.32. The summed E-state index contributed by atoms with van der Waals surface area (Å²) in [5.41, 5.74) is 2.32. The largest absolute Gasteiger partial charge is 0.478 e. The number of hydrogen-bond donors (Lipinski definition) is 1. The third-order valence-corrected chi connectivity index (χ3v) is 3.72. The molecule has 1 heterocycles. The predicted molar refractivity (Wildman–Crippen MR) is 65.1 cm³/mol. The van der Waals surface area contributed by atoms with Crippen LogP contribution in [-0.4, -0.2) is 15.6 Å². The molecular weight excluding hydrogens is 202 g/mol. The summed E-state index contributed by atoms with van der Waals surface area (Å²) in [5.74, 6) is -0.839. The van der Waals surface area contributed by atoms with E-state index in [4.69, 9.17) is 5.11 Å². The van der Waals surface area contributed by atoms with Crippen LogP contribution in [0.2, 0.25) is 0 Å². The highest BCUT2D eigenvalue weighted by molar-refractivity contribution is 5.89. The summed E-state index contributed by atoms with van der Waals surface area (Å²) in [5, 5.41) is 9.10. The van der Waals surface area contributed by atoms with E-state index in [2.05, 4.69) is 25.3 Å². The lowest BCUT2D eigenvalue weighted by molar-refractivity contribution is 0.0695. The molecule has 90 valence electrons. The maximum absolute atomic E-state index is 11.1. The Morgan fingerprint density at radius 1 is 1.38 bits per heavy atom. The minimum atomic E-state index is -0.839. The highest BCUT2D eigenvalue weighted by atomic mass is 16.4. The van der Waals surface area contributed by atoms with E-state index in [1.807, 2.05) is 13.8 Å². The molecule has 0 atom stereocenters. The van der Waals surface area contributed by atoms with Gasteiger partial charge in [0.1, 0.15) is 0 Å². The lowest BCUT2D eigenvalue weighted by Gasteiger charge is -2.32. The molecule has 3 heteroatoms. The number of aromatic carboxylic acids is 1. The van der Waals surface area contributed by atoms with Crippen molar-refractivity contribution in [3.8, 4) is 0 Å². The fourth-order valence-electron chi connectivity index (χ4n) is 2.38. The highest BCUT2D eigenvalue weighted by Crippen LogP contribution is 2.30. The molecule has 0 unspecified atom stereocenters. The molecule has 0 fully saturated rings. The van der Waals surface area contributed by atoms with Gasteiger partial charge in [-0.2, -0.15) is 0 Å². The molecule has 3 nitrogen and oxygen atoms in total. The fraction of sp³-hybridized carbons (Fsp3) is 0.615. The predicted octanol–water partition coefficient (Wildman–Crippen LogP) is 3.34. The van der Waals surface area contributed by atoms with Gasteiger partial charge in [0.25, 0.3) is 0 Å². The average Bonchev–Trinajstić information content (AvgIpc) is 2.54. The molecule has 0 radical (unpaired) electrons. The Morgan fingerprint density at radius 3 is 2.19 bits per heavy atom.